The highest BCUT2D eigenvalue weighted by Gasteiger charge is 2.16. The predicted molar refractivity (Wildman–Crippen MR) is 266 cm³/mol. The molecule has 12 rings (SSSR count). The summed E-state index contributed by atoms with van der Waals surface area (Å²) in [4.78, 5) is 10.6. The normalized spacial score (nSPS) is 11.5. The second kappa shape index (κ2) is 15.2. The van der Waals surface area contributed by atoms with E-state index in [-0.39, 0.29) is 0 Å². The Labute approximate surface area is 367 Å². The maximum Gasteiger partial charge on any atom is 0.160 e. The largest absolute Gasteiger partial charge is 0.228 e. The van der Waals surface area contributed by atoms with Gasteiger partial charge in [-0.2, -0.15) is 0 Å². The molecule has 0 aliphatic carbocycles. The Hall–Kier alpha value is -7.50. The molecule has 3 aromatic heterocycles. The number of hydrogen-bond acceptors (Lipinski definition) is 4. The molecule has 0 aliphatic heterocycles. The first kappa shape index (κ1) is 36.4. The molecular formula is C58H36N2S2. The second-order valence-corrected chi connectivity index (χ2v) is 17.9. The number of aromatic nitrogens is 2. The van der Waals surface area contributed by atoms with Gasteiger partial charge in [-0.25, -0.2) is 9.97 Å². The van der Waals surface area contributed by atoms with E-state index in [0.29, 0.717) is 5.82 Å². The average Bonchev–Trinajstić information content (AvgIpc) is 3.92. The van der Waals surface area contributed by atoms with Gasteiger partial charge in [-0.3, -0.25) is 0 Å². The van der Waals surface area contributed by atoms with Crippen LogP contribution >= 0.6 is 22.7 Å². The van der Waals surface area contributed by atoms with Gasteiger partial charge in [0, 0.05) is 57.0 Å². The Bertz CT molecular complexity index is 3510. The Kier molecular flexibility index (Phi) is 8.91. The molecule has 0 radical (unpaired) electrons. The first-order chi connectivity index (χ1) is 30.7. The third-order valence-electron chi connectivity index (χ3n) is 11.9. The van der Waals surface area contributed by atoms with Crippen molar-refractivity contribution in [1.29, 1.82) is 0 Å². The van der Waals surface area contributed by atoms with Gasteiger partial charge in [0.1, 0.15) is 0 Å². The molecule has 0 spiro atoms. The van der Waals surface area contributed by atoms with Gasteiger partial charge < -0.3 is 0 Å². The zero-order valence-electron chi connectivity index (χ0n) is 33.5. The van der Waals surface area contributed by atoms with Crippen molar-refractivity contribution in [3.63, 3.8) is 0 Å². The fourth-order valence-electron chi connectivity index (χ4n) is 8.75. The van der Waals surface area contributed by atoms with Crippen molar-refractivity contribution in [3.8, 4) is 78.4 Å². The smallest absolute Gasteiger partial charge is 0.160 e. The summed E-state index contributed by atoms with van der Waals surface area (Å²) < 4.78 is 5.20. The van der Waals surface area contributed by atoms with Gasteiger partial charge in [0.2, 0.25) is 0 Å². The highest BCUT2D eigenvalue weighted by molar-refractivity contribution is 7.26. The highest BCUT2D eigenvalue weighted by Crippen LogP contribution is 2.41. The van der Waals surface area contributed by atoms with Gasteiger partial charge in [0.25, 0.3) is 0 Å². The Morgan fingerprint density at radius 2 is 0.613 bits per heavy atom. The number of fused-ring (bicyclic) bond motifs is 6. The monoisotopic (exact) mass is 824 g/mol. The molecule has 0 fully saturated rings. The van der Waals surface area contributed by atoms with Gasteiger partial charge in [-0.15, -0.1) is 22.7 Å². The number of nitrogens with zero attached hydrogens (tertiary/aromatic N) is 2. The summed E-state index contributed by atoms with van der Waals surface area (Å²) in [6, 6.07) is 78.8. The van der Waals surface area contributed by atoms with E-state index in [2.05, 4.69) is 212 Å². The molecule has 62 heavy (non-hydrogen) atoms. The minimum atomic E-state index is 0.693. The van der Waals surface area contributed by atoms with E-state index in [1.165, 1.54) is 62.6 Å². The lowest BCUT2D eigenvalue weighted by molar-refractivity contribution is 1.18. The van der Waals surface area contributed by atoms with Crippen molar-refractivity contribution in [2.24, 2.45) is 0 Å². The van der Waals surface area contributed by atoms with Gasteiger partial charge in [-0.05, 0) is 117 Å². The van der Waals surface area contributed by atoms with Crippen LogP contribution in [0.15, 0.2) is 218 Å². The fourth-order valence-corrected chi connectivity index (χ4v) is 10.9. The minimum absolute atomic E-state index is 0.693. The molecule has 4 heteroatoms. The lowest BCUT2D eigenvalue weighted by Crippen LogP contribution is -1.97. The molecule has 0 saturated heterocycles. The van der Waals surface area contributed by atoms with E-state index in [9.17, 15) is 0 Å². The molecule has 0 unspecified atom stereocenters. The summed E-state index contributed by atoms with van der Waals surface area (Å²) in [5.74, 6) is 0.693. The van der Waals surface area contributed by atoms with Gasteiger partial charge in [-0.1, -0.05) is 146 Å². The van der Waals surface area contributed by atoms with E-state index in [4.69, 9.17) is 9.97 Å². The van der Waals surface area contributed by atoms with E-state index in [1.54, 1.807) is 0 Å². The van der Waals surface area contributed by atoms with Crippen molar-refractivity contribution in [1.82, 2.24) is 9.97 Å². The Morgan fingerprint density at radius 3 is 1.19 bits per heavy atom. The van der Waals surface area contributed by atoms with Crippen LogP contribution < -0.4 is 0 Å². The third kappa shape index (κ3) is 6.67. The van der Waals surface area contributed by atoms with Crippen LogP contribution in [0, 0.1) is 0 Å². The summed E-state index contributed by atoms with van der Waals surface area (Å²) in [6.45, 7) is 0. The Balaban J connectivity index is 1.04. The predicted octanol–water partition coefficient (Wildman–Crippen LogP) is 16.9. The molecule has 0 bridgehead atoms. The standard InChI is InChI=1S/C58H36N2S2/c1-3-13-37(14-4-1)39-17-11-18-40(29-39)41-19-12-20-44(30-41)52-36-53(60-58(59-52)38-15-5-2-6-16-38)47-32-45(42-25-27-56-50(34-42)48-21-7-9-23-54(48)61-56)31-46(33-47)43-26-28-57-51(35-43)49-22-8-10-24-55(49)62-57/h1-36H. The highest BCUT2D eigenvalue weighted by atomic mass is 32.1. The van der Waals surface area contributed by atoms with Crippen LogP contribution in [0.4, 0.5) is 0 Å². The maximum atomic E-state index is 5.35. The van der Waals surface area contributed by atoms with E-state index >= 15 is 0 Å². The second-order valence-electron chi connectivity index (χ2n) is 15.8. The summed E-state index contributed by atoms with van der Waals surface area (Å²) in [5.41, 5.74) is 14.1. The van der Waals surface area contributed by atoms with Crippen LogP contribution in [0.3, 0.4) is 0 Å². The van der Waals surface area contributed by atoms with E-state index in [1.807, 2.05) is 28.7 Å². The van der Waals surface area contributed by atoms with Crippen molar-refractivity contribution < 1.29 is 0 Å². The third-order valence-corrected chi connectivity index (χ3v) is 14.2. The molecule has 0 saturated carbocycles. The summed E-state index contributed by atoms with van der Waals surface area (Å²) >= 11 is 3.70. The van der Waals surface area contributed by atoms with Crippen molar-refractivity contribution in [2.45, 2.75) is 0 Å². The molecule has 0 atom stereocenters. The van der Waals surface area contributed by atoms with Crippen LogP contribution in [0.2, 0.25) is 0 Å². The molecule has 0 N–H and O–H groups in total. The first-order valence-electron chi connectivity index (χ1n) is 20.9. The quantitative estimate of drug-likeness (QED) is 0.160. The van der Waals surface area contributed by atoms with Gasteiger partial charge in [0.15, 0.2) is 5.82 Å². The topological polar surface area (TPSA) is 25.8 Å². The molecule has 12 aromatic rings. The minimum Gasteiger partial charge on any atom is -0.228 e. The lowest BCUT2D eigenvalue weighted by Gasteiger charge is -2.14. The summed E-state index contributed by atoms with van der Waals surface area (Å²) in [5, 5.41) is 5.15. The summed E-state index contributed by atoms with van der Waals surface area (Å²) in [7, 11) is 0. The fraction of sp³-hybridized carbons (Fsp3) is 0. The van der Waals surface area contributed by atoms with Crippen LogP contribution in [-0.2, 0) is 0 Å². The number of hydrogen-bond donors (Lipinski definition) is 0. The summed E-state index contributed by atoms with van der Waals surface area (Å²) in [6.07, 6.45) is 0. The molecule has 2 nitrogen and oxygen atoms in total. The van der Waals surface area contributed by atoms with E-state index < -0.39 is 0 Å². The zero-order valence-corrected chi connectivity index (χ0v) is 35.1. The Morgan fingerprint density at radius 1 is 0.226 bits per heavy atom. The van der Waals surface area contributed by atoms with Crippen LogP contribution in [0.1, 0.15) is 0 Å². The molecule has 0 amide bonds. The van der Waals surface area contributed by atoms with Crippen molar-refractivity contribution in [3.05, 3.63) is 218 Å². The zero-order chi connectivity index (χ0) is 41.0. The number of rotatable bonds is 7. The van der Waals surface area contributed by atoms with E-state index in [0.717, 1.165) is 50.3 Å². The van der Waals surface area contributed by atoms with Gasteiger partial charge in [0.05, 0.1) is 11.4 Å². The average molecular weight is 825 g/mol. The molecule has 9 aromatic carbocycles. The number of benzene rings is 9. The van der Waals surface area contributed by atoms with Crippen LogP contribution in [0.25, 0.3) is 119 Å². The maximum absolute atomic E-state index is 5.35. The van der Waals surface area contributed by atoms with Gasteiger partial charge >= 0.3 is 0 Å². The number of thiophene rings is 2. The molecule has 3 heterocycles. The van der Waals surface area contributed by atoms with Crippen molar-refractivity contribution in [2.75, 3.05) is 0 Å². The SMILES string of the molecule is c1ccc(-c2cccc(-c3cccc(-c4cc(-c5cc(-c6ccc7sc8ccccc8c7c6)cc(-c6ccc7sc8ccccc8c7c6)c5)nc(-c5ccccc5)n4)c3)c2)cc1. The molecule has 0 aliphatic rings. The van der Waals surface area contributed by atoms with Crippen LogP contribution in [0.5, 0.6) is 0 Å². The lowest BCUT2D eigenvalue weighted by atomic mass is 9.93. The molecular weight excluding hydrogens is 789 g/mol. The molecule has 290 valence electrons. The van der Waals surface area contributed by atoms with Crippen molar-refractivity contribution >= 4 is 63.0 Å². The van der Waals surface area contributed by atoms with Crippen LogP contribution in [-0.4, -0.2) is 9.97 Å². The first-order valence-corrected chi connectivity index (χ1v) is 22.5.